The molecule has 1 aliphatic heterocycles. The van der Waals surface area contributed by atoms with Gasteiger partial charge in [-0.3, -0.25) is 4.90 Å². The molecule has 1 atom stereocenters. The summed E-state index contributed by atoms with van der Waals surface area (Å²) in [5, 5.41) is 0. The largest absolute Gasteiger partial charge is 0.445 e. The average molecular weight is 333 g/mol. The van der Waals surface area contributed by atoms with Crippen molar-refractivity contribution in [1.29, 1.82) is 0 Å². The molecule has 24 heavy (non-hydrogen) atoms. The number of hydrogen-bond donors (Lipinski definition) is 1. The first-order valence-electron chi connectivity index (χ1n) is 9.00. The van der Waals surface area contributed by atoms with E-state index in [0.717, 1.165) is 44.6 Å². The second-order valence-electron chi connectivity index (χ2n) is 6.87. The van der Waals surface area contributed by atoms with Gasteiger partial charge in [-0.05, 0) is 38.2 Å². The molecule has 5 heteroatoms. The molecule has 0 aliphatic carbocycles. The van der Waals surface area contributed by atoms with Crippen LogP contribution in [0.5, 0.6) is 0 Å². The van der Waals surface area contributed by atoms with Gasteiger partial charge in [0, 0.05) is 38.8 Å². The number of amides is 1. The Balaban J connectivity index is 1.82. The molecule has 2 N–H and O–H groups in total. The summed E-state index contributed by atoms with van der Waals surface area (Å²) < 4.78 is 5.47. The molecule has 1 amide bonds. The number of ether oxygens (including phenoxy) is 1. The third kappa shape index (κ3) is 5.80. The Morgan fingerprint density at radius 3 is 2.79 bits per heavy atom. The van der Waals surface area contributed by atoms with Crippen LogP contribution in [0.3, 0.4) is 0 Å². The van der Waals surface area contributed by atoms with E-state index in [9.17, 15) is 4.79 Å². The molecular weight excluding hydrogens is 302 g/mol. The zero-order chi connectivity index (χ0) is 17.4. The maximum atomic E-state index is 12.3. The number of hydrogen-bond acceptors (Lipinski definition) is 4. The normalized spacial score (nSPS) is 18.2. The summed E-state index contributed by atoms with van der Waals surface area (Å²) in [7, 11) is 0. The van der Waals surface area contributed by atoms with E-state index in [1.165, 1.54) is 0 Å². The van der Waals surface area contributed by atoms with Gasteiger partial charge in [0.1, 0.15) is 6.61 Å². The Labute approximate surface area is 145 Å². The minimum atomic E-state index is -0.196. The maximum absolute atomic E-state index is 12.3. The van der Waals surface area contributed by atoms with Gasteiger partial charge in [-0.15, -0.1) is 0 Å². The van der Waals surface area contributed by atoms with Crippen molar-refractivity contribution in [2.75, 3.05) is 32.7 Å². The van der Waals surface area contributed by atoms with Crippen molar-refractivity contribution in [3.05, 3.63) is 35.9 Å². The Morgan fingerprint density at radius 2 is 2.12 bits per heavy atom. The number of carbonyl (C=O) groups excluding carboxylic acids is 1. The summed E-state index contributed by atoms with van der Waals surface area (Å²) in [5.41, 5.74) is 6.74. The average Bonchev–Trinajstić information content (AvgIpc) is 2.60. The zero-order valence-electron chi connectivity index (χ0n) is 15.0. The molecule has 5 nitrogen and oxygen atoms in total. The van der Waals surface area contributed by atoms with Crippen molar-refractivity contribution in [2.45, 2.75) is 39.3 Å². The molecule has 1 heterocycles. The minimum Gasteiger partial charge on any atom is -0.445 e. The molecule has 1 aromatic rings. The summed E-state index contributed by atoms with van der Waals surface area (Å²) in [4.78, 5) is 16.6. The zero-order valence-corrected chi connectivity index (χ0v) is 15.0. The van der Waals surface area contributed by atoms with Crippen molar-refractivity contribution >= 4 is 6.09 Å². The van der Waals surface area contributed by atoms with Crippen LogP contribution in [-0.4, -0.2) is 54.7 Å². The Morgan fingerprint density at radius 1 is 1.38 bits per heavy atom. The predicted molar refractivity (Wildman–Crippen MR) is 96.7 cm³/mol. The third-order valence-corrected chi connectivity index (χ3v) is 4.62. The Kier molecular flexibility index (Phi) is 7.53. The van der Waals surface area contributed by atoms with Crippen LogP contribution in [0, 0.1) is 5.92 Å². The van der Waals surface area contributed by atoms with Crippen LogP contribution >= 0.6 is 0 Å². The lowest BCUT2D eigenvalue weighted by Crippen LogP contribution is -2.46. The van der Waals surface area contributed by atoms with Gasteiger partial charge in [0.15, 0.2) is 0 Å². The Hall–Kier alpha value is -1.59. The lowest BCUT2D eigenvalue weighted by molar-refractivity contribution is 0.0696. The fourth-order valence-corrected chi connectivity index (χ4v) is 3.25. The molecule has 1 aliphatic rings. The molecular formula is C19H31N3O2. The highest BCUT2D eigenvalue weighted by Gasteiger charge is 2.26. The highest BCUT2D eigenvalue weighted by molar-refractivity contribution is 5.67. The fourth-order valence-electron chi connectivity index (χ4n) is 3.25. The number of nitrogens with two attached hydrogens (primary N) is 1. The van der Waals surface area contributed by atoms with E-state index in [1.807, 2.05) is 35.2 Å². The lowest BCUT2D eigenvalue weighted by Gasteiger charge is -2.36. The molecule has 1 aromatic carbocycles. The van der Waals surface area contributed by atoms with Crippen molar-refractivity contribution in [3.63, 3.8) is 0 Å². The van der Waals surface area contributed by atoms with E-state index in [2.05, 4.69) is 18.7 Å². The SMILES string of the molecule is CC(C)N(CCN)C[C@@H]1CCCN(C(=O)OCc2ccccc2)C1. The summed E-state index contributed by atoms with van der Waals surface area (Å²) >= 11 is 0. The standard InChI is InChI=1S/C19H31N3O2/c1-16(2)21(12-10-20)13-18-9-6-11-22(14-18)19(23)24-15-17-7-4-3-5-8-17/h3-5,7-8,16,18H,6,9-15,20H2,1-2H3/t18-/m0/s1. The molecule has 0 bridgehead atoms. The highest BCUT2D eigenvalue weighted by Crippen LogP contribution is 2.19. The summed E-state index contributed by atoms with van der Waals surface area (Å²) in [6.45, 7) is 8.89. The van der Waals surface area contributed by atoms with E-state index in [-0.39, 0.29) is 6.09 Å². The van der Waals surface area contributed by atoms with Gasteiger partial charge >= 0.3 is 6.09 Å². The molecule has 0 aromatic heterocycles. The van der Waals surface area contributed by atoms with E-state index in [0.29, 0.717) is 25.1 Å². The third-order valence-electron chi connectivity index (χ3n) is 4.62. The van der Waals surface area contributed by atoms with E-state index < -0.39 is 0 Å². The highest BCUT2D eigenvalue weighted by atomic mass is 16.6. The van der Waals surface area contributed by atoms with Gasteiger partial charge < -0.3 is 15.4 Å². The van der Waals surface area contributed by atoms with Crippen LogP contribution in [0.4, 0.5) is 4.79 Å². The second-order valence-corrected chi connectivity index (χ2v) is 6.87. The molecule has 0 radical (unpaired) electrons. The minimum absolute atomic E-state index is 0.196. The number of rotatable bonds is 7. The number of carbonyl (C=O) groups is 1. The van der Waals surface area contributed by atoms with E-state index in [4.69, 9.17) is 10.5 Å². The van der Waals surface area contributed by atoms with Crippen molar-refractivity contribution in [2.24, 2.45) is 11.7 Å². The first-order valence-corrected chi connectivity index (χ1v) is 9.00. The van der Waals surface area contributed by atoms with E-state index in [1.54, 1.807) is 0 Å². The number of piperidine rings is 1. The first kappa shape index (κ1) is 18.7. The van der Waals surface area contributed by atoms with Crippen LogP contribution in [0.2, 0.25) is 0 Å². The quantitative estimate of drug-likeness (QED) is 0.833. The second kappa shape index (κ2) is 9.64. The van der Waals surface area contributed by atoms with Crippen LogP contribution < -0.4 is 5.73 Å². The number of benzene rings is 1. The molecule has 1 saturated heterocycles. The van der Waals surface area contributed by atoms with Crippen molar-refractivity contribution in [1.82, 2.24) is 9.80 Å². The summed E-state index contributed by atoms with van der Waals surface area (Å²) in [6.07, 6.45) is 2.01. The molecule has 0 unspecified atom stereocenters. The number of nitrogens with zero attached hydrogens (tertiary/aromatic N) is 2. The predicted octanol–water partition coefficient (Wildman–Crippen LogP) is 2.70. The van der Waals surface area contributed by atoms with Crippen LogP contribution in [0.1, 0.15) is 32.3 Å². The van der Waals surface area contributed by atoms with Gasteiger partial charge in [0.05, 0.1) is 0 Å². The summed E-state index contributed by atoms with van der Waals surface area (Å²) in [6, 6.07) is 10.3. The molecule has 134 valence electrons. The summed E-state index contributed by atoms with van der Waals surface area (Å²) in [5.74, 6) is 0.497. The van der Waals surface area contributed by atoms with Gasteiger partial charge in [0.25, 0.3) is 0 Å². The maximum Gasteiger partial charge on any atom is 0.410 e. The van der Waals surface area contributed by atoms with E-state index >= 15 is 0 Å². The fraction of sp³-hybridized carbons (Fsp3) is 0.632. The van der Waals surface area contributed by atoms with Gasteiger partial charge in [-0.2, -0.15) is 0 Å². The van der Waals surface area contributed by atoms with Crippen molar-refractivity contribution < 1.29 is 9.53 Å². The Bertz CT molecular complexity index is 493. The van der Waals surface area contributed by atoms with Gasteiger partial charge in [-0.25, -0.2) is 4.79 Å². The van der Waals surface area contributed by atoms with Crippen LogP contribution in [0.25, 0.3) is 0 Å². The molecule has 2 rings (SSSR count). The first-order chi connectivity index (χ1) is 11.6. The molecule has 0 saturated carbocycles. The van der Waals surface area contributed by atoms with Gasteiger partial charge in [0.2, 0.25) is 0 Å². The number of likely N-dealkylation sites (tertiary alicyclic amines) is 1. The lowest BCUT2D eigenvalue weighted by atomic mass is 9.97. The molecule has 1 fully saturated rings. The smallest absolute Gasteiger partial charge is 0.410 e. The van der Waals surface area contributed by atoms with Crippen molar-refractivity contribution in [3.8, 4) is 0 Å². The molecule has 0 spiro atoms. The van der Waals surface area contributed by atoms with Gasteiger partial charge in [-0.1, -0.05) is 30.3 Å². The van der Waals surface area contributed by atoms with Crippen LogP contribution in [0.15, 0.2) is 30.3 Å². The van der Waals surface area contributed by atoms with Crippen LogP contribution in [-0.2, 0) is 11.3 Å². The monoisotopic (exact) mass is 333 g/mol. The topological polar surface area (TPSA) is 58.8 Å².